The fourth-order valence-electron chi connectivity index (χ4n) is 2.91. The zero-order valence-corrected chi connectivity index (χ0v) is 16.5. The Labute approximate surface area is 165 Å². The highest BCUT2D eigenvalue weighted by Crippen LogP contribution is 2.37. The van der Waals surface area contributed by atoms with Gasteiger partial charge in [-0.3, -0.25) is 14.6 Å². The molecule has 1 atom stereocenters. The summed E-state index contributed by atoms with van der Waals surface area (Å²) in [6.07, 6.45) is 0.862. The van der Waals surface area contributed by atoms with Crippen molar-refractivity contribution in [3.63, 3.8) is 0 Å². The molecule has 27 heavy (non-hydrogen) atoms. The molecule has 8 heteroatoms. The number of thioether (sulfide) groups is 1. The van der Waals surface area contributed by atoms with Gasteiger partial charge in [-0.05, 0) is 43.0 Å². The third-order valence-electron chi connectivity index (χ3n) is 4.40. The number of amidine groups is 1. The number of Topliss-reactive ketones (excluding diaryl/α,β-unsaturated/α-hetero) is 1. The zero-order chi connectivity index (χ0) is 19.4. The summed E-state index contributed by atoms with van der Waals surface area (Å²) in [6, 6.07) is 7.97. The molecule has 3 rings (SSSR count). The Bertz CT molecular complexity index is 883. The van der Waals surface area contributed by atoms with E-state index in [9.17, 15) is 14.0 Å². The minimum Gasteiger partial charge on any atom is -0.379 e. The van der Waals surface area contributed by atoms with E-state index in [0.29, 0.717) is 27.7 Å². The number of benzene rings is 1. The molecule has 1 unspecified atom stereocenters. The summed E-state index contributed by atoms with van der Waals surface area (Å²) in [5.41, 5.74) is 5.94. The second-order valence-electron chi connectivity index (χ2n) is 6.47. The molecule has 0 saturated heterocycles. The average Bonchev–Trinajstić information content (AvgIpc) is 3.16. The fourth-order valence-corrected chi connectivity index (χ4v) is 4.58. The van der Waals surface area contributed by atoms with Gasteiger partial charge in [-0.15, -0.1) is 11.3 Å². The molecule has 1 amide bonds. The van der Waals surface area contributed by atoms with E-state index in [0.717, 1.165) is 5.75 Å². The van der Waals surface area contributed by atoms with E-state index in [1.54, 1.807) is 18.2 Å². The third-order valence-corrected chi connectivity index (χ3v) is 6.11. The quantitative estimate of drug-likeness (QED) is 0.707. The summed E-state index contributed by atoms with van der Waals surface area (Å²) in [5, 5.41) is 5.00. The van der Waals surface area contributed by atoms with Crippen molar-refractivity contribution in [1.29, 1.82) is 0 Å². The smallest absolute Gasteiger partial charge is 0.224 e. The number of amides is 1. The number of nitrogens with zero attached hydrogens (tertiary/aromatic N) is 1. The van der Waals surface area contributed by atoms with Gasteiger partial charge in [0.1, 0.15) is 5.82 Å². The van der Waals surface area contributed by atoms with Gasteiger partial charge in [0.25, 0.3) is 0 Å². The van der Waals surface area contributed by atoms with E-state index in [4.69, 9.17) is 5.73 Å². The third kappa shape index (κ3) is 4.75. The maximum atomic E-state index is 14.4. The van der Waals surface area contributed by atoms with E-state index in [2.05, 4.69) is 10.3 Å². The van der Waals surface area contributed by atoms with Crippen LogP contribution >= 0.6 is 23.1 Å². The molecule has 0 bridgehead atoms. The highest BCUT2D eigenvalue weighted by Gasteiger charge is 2.32. The van der Waals surface area contributed by atoms with E-state index in [1.807, 2.05) is 12.3 Å². The van der Waals surface area contributed by atoms with Crippen molar-refractivity contribution in [1.82, 2.24) is 0 Å². The van der Waals surface area contributed by atoms with Crippen LogP contribution in [0.3, 0.4) is 0 Å². The summed E-state index contributed by atoms with van der Waals surface area (Å²) in [4.78, 5) is 29.2. The van der Waals surface area contributed by atoms with Gasteiger partial charge in [0, 0.05) is 29.8 Å². The molecule has 142 valence electrons. The Kier molecular flexibility index (Phi) is 5.96. The van der Waals surface area contributed by atoms with Crippen LogP contribution in [0.15, 0.2) is 40.7 Å². The number of rotatable bonds is 6. The van der Waals surface area contributed by atoms with Gasteiger partial charge in [-0.2, -0.15) is 0 Å². The van der Waals surface area contributed by atoms with Crippen molar-refractivity contribution in [3.8, 4) is 0 Å². The number of hydrogen-bond donors (Lipinski definition) is 2. The van der Waals surface area contributed by atoms with Gasteiger partial charge < -0.3 is 11.1 Å². The number of hydrogen-bond acceptors (Lipinski definition) is 6. The monoisotopic (exact) mass is 405 g/mol. The highest BCUT2D eigenvalue weighted by molar-refractivity contribution is 8.13. The van der Waals surface area contributed by atoms with Crippen LogP contribution in [0.4, 0.5) is 10.1 Å². The van der Waals surface area contributed by atoms with Gasteiger partial charge in [0.05, 0.1) is 10.4 Å². The molecule has 0 radical (unpaired) electrons. The Morgan fingerprint density at radius 1 is 1.33 bits per heavy atom. The largest absolute Gasteiger partial charge is 0.379 e. The SMILES string of the molecule is CC1(c2cc(NC(=O)CCC(=O)c3cccs3)ccc2F)CCSC(N)=N1. The van der Waals surface area contributed by atoms with Crippen LogP contribution < -0.4 is 11.1 Å². The maximum absolute atomic E-state index is 14.4. The van der Waals surface area contributed by atoms with Crippen LogP contribution in [-0.4, -0.2) is 22.6 Å². The van der Waals surface area contributed by atoms with Crippen LogP contribution in [-0.2, 0) is 10.3 Å². The van der Waals surface area contributed by atoms with E-state index in [1.165, 1.54) is 35.2 Å². The molecular formula is C19H20FN3O2S2. The van der Waals surface area contributed by atoms with Crippen LogP contribution in [0, 0.1) is 5.82 Å². The molecule has 1 aliphatic rings. The Morgan fingerprint density at radius 2 is 2.15 bits per heavy atom. The van der Waals surface area contributed by atoms with E-state index < -0.39 is 5.54 Å². The molecule has 1 aromatic heterocycles. The number of ketones is 1. The van der Waals surface area contributed by atoms with Crippen LogP contribution in [0.1, 0.15) is 41.4 Å². The van der Waals surface area contributed by atoms with Crippen molar-refractivity contribution in [2.24, 2.45) is 10.7 Å². The minimum atomic E-state index is -0.755. The molecule has 1 aliphatic heterocycles. The standard InChI is InChI=1S/C19H20FN3O2S2/c1-19(8-10-27-18(21)23-19)13-11-12(4-5-14(13)20)22-17(25)7-6-15(24)16-3-2-9-26-16/h2-5,9,11H,6-8,10H2,1H3,(H2,21,23)(H,22,25). The summed E-state index contributed by atoms with van der Waals surface area (Å²) < 4.78 is 14.4. The van der Waals surface area contributed by atoms with Crippen molar-refractivity contribution >= 4 is 45.6 Å². The van der Waals surface area contributed by atoms with Gasteiger partial charge in [0.15, 0.2) is 11.0 Å². The first-order chi connectivity index (χ1) is 12.9. The highest BCUT2D eigenvalue weighted by atomic mass is 32.2. The summed E-state index contributed by atoms with van der Waals surface area (Å²) in [7, 11) is 0. The summed E-state index contributed by atoms with van der Waals surface area (Å²) in [6.45, 7) is 1.84. The first-order valence-corrected chi connectivity index (χ1v) is 10.4. The van der Waals surface area contributed by atoms with Crippen molar-refractivity contribution < 1.29 is 14.0 Å². The van der Waals surface area contributed by atoms with Crippen LogP contribution in [0.2, 0.25) is 0 Å². The van der Waals surface area contributed by atoms with E-state index >= 15 is 0 Å². The Morgan fingerprint density at radius 3 is 2.85 bits per heavy atom. The molecule has 0 spiro atoms. The molecule has 1 aromatic carbocycles. The number of carbonyl (C=O) groups is 2. The molecule has 0 saturated carbocycles. The molecule has 2 aromatic rings. The van der Waals surface area contributed by atoms with Crippen molar-refractivity contribution in [3.05, 3.63) is 52.0 Å². The van der Waals surface area contributed by atoms with Gasteiger partial charge >= 0.3 is 0 Å². The molecule has 3 N–H and O–H groups in total. The fraction of sp³-hybridized carbons (Fsp3) is 0.316. The number of carbonyl (C=O) groups excluding carboxylic acids is 2. The molecule has 5 nitrogen and oxygen atoms in total. The second kappa shape index (κ2) is 8.22. The zero-order valence-electron chi connectivity index (χ0n) is 14.8. The van der Waals surface area contributed by atoms with Gasteiger partial charge in [-0.1, -0.05) is 17.8 Å². The van der Waals surface area contributed by atoms with Crippen LogP contribution in [0.5, 0.6) is 0 Å². The predicted molar refractivity (Wildman–Crippen MR) is 109 cm³/mol. The predicted octanol–water partition coefficient (Wildman–Crippen LogP) is 4.16. The number of nitrogens with two attached hydrogens (primary N) is 1. The lowest BCUT2D eigenvalue weighted by Gasteiger charge is -2.30. The summed E-state index contributed by atoms with van der Waals surface area (Å²) in [5.74, 6) is 0.0285. The van der Waals surface area contributed by atoms with Crippen molar-refractivity contribution in [2.45, 2.75) is 31.7 Å². The number of nitrogens with one attached hydrogen (secondary N) is 1. The lowest BCUT2D eigenvalue weighted by atomic mass is 9.89. The van der Waals surface area contributed by atoms with Gasteiger partial charge in [0.2, 0.25) is 5.91 Å². The lowest BCUT2D eigenvalue weighted by Crippen LogP contribution is -2.29. The lowest BCUT2D eigenvalue weighted by molar-refractivity contribution is -0.116. The topological polar surface area (TPSA) is 84.5 Å². The van der Waals surface area contributed by atoms with Gasteiger partial charge in [-0.25, -0.2) is 4.39 Å². The maximum Gasteiger partial charge on any atom is 0.224 e. The Balaban J connectivity index is 1.68. The average molecular weight is 406 g/mol. The number of thiophene rings is 1. The molecule has 2 heterocycles. The normalized spacial score (nSPS) is 19.4. The second-order valence-corrected chi connectivity index (χ2v) is 8.53. The summed E-state index contributed by atoms with van der Waals surface area (Å²) >= 11 is 2.81. The molecule has 0 aliphatic carbocycles. The first kappa shape index (κ1) is 19.6. The van der Waals surface area contributed by atoms with E-state index in [-0.39, 0.29) is 30.3 Å². The Hall–Kier alpha value is -2.19. The number of anilines is 1. The first-order valence-electron chi connectivity index (χ1n) is 8.52. The number of aliphatic imine (C=N–C) groups is 1. The number of halogens is 1. The molecular weight excluding hydrogens is 385 g/mol. The molecule has 0 fully saturated rings. The van der Waals surface area contributed by atoms with Crippen molar-refractivity contribution in [2.75, 3.05) is 11.1 Å². The minimum absolute atomic E-state index is 0.0584. The van der Waals surface area contributed by atoms with Crippen LogP contribution in [0.25, 0.3) is 0 Å².